The zero-order valence-electron chi connectivity index (χ0n) is 12.1. The van der Waals surface area contributed by atoms with Crippen molar-refractivity contribution in [3.8, 4) is 0 Å². The van der Waals surface area contributed by atoms with Crippen LogP contribution in [0.25, 0.3) is 0 Å². The van der Waals surface area contributed by atoms with Gasteiger partial charge in [0.15, 0.2) is 5.12 Å². The number of hydrogen-bond donors (Lipinski definition) is 2. The first-order valence-corrected chi connectivity index (χ1v) is 7.69. The molecule has 2 N–H and O–H groups in total. The van der Waals surface area contributed by atoms with E-state index in [1.807, 2.05) is 0 Å². The Bertz CT molecular complexity index is 440. The molecule has 0 aliphatic carbocycles. The fourth-order valence-corrected chi connectivity index (χ4v) is 3.21. The van der Waals surface area contributed by atoms with Crippen molar-refractivity contribution < 1.29 is 24.3 Å². The van der Waals surface area contributed by atoms with Gasteiger partial charge >= 0.3 is 5.97 Å². The normalized spacial score (nSPS) is 19.4. The van der Waals surface area contributed by atoms with E-state index in [2.05, 4.69) is 5.32 Å². The fourth-order valence-electron chi connectivity index (χ4n) is 2.28. The van der Waals surface area contributed by atoms with E-state index >= 15 is 0 Å². The lowest BCUT2D eigenvalue weighted by Gasteiger charge is -2.24. The Morgan fingerprint density at radius 1 is 1.48 bits per heavy atom. The molecule has 1 heterocycles. The molecule has 1 rings (SSSR count). The Morgan fingerprint density at radius 3 is 2.67 bits per heavy atom. The third-order valence-corrected chi connectivity index (χ3v) is 4.12. The van der Waals surface area contributed by atoms with E-state index < -0.39 is 12.0 Å². The van der Waals surface area contributed by atoms with Crippen molar-refractivity contribution in [2.75, 3.05) is 13.1 Å². The molecule has 21 heavy (non-hydrogen) atoms. The number of amides is 2. The highest BCUT2D eigenvalue weighted by atomic mass is 32.2. The van der Waals surface area contributed by atoms with E-state index in [-0.39, 0.29) is 48.0 Å². The number of nitrogens with one attached hydrogen (secondary N) is 1. The largest absolute Gasteiger partial charge is 0.480 e. The van der Waals surface area contributed by atoms with E-state index in [4.69, 9.17) is 0 Å². The smallest absolute Gasteiger partial charge is 0.326 e. The molecule has 0 aromatic rings. The van der Waals surface area contributed by atoms with Gasteiger partial charge in [-0.25, -0.2) is 4.79 Å². The highest BCUT2D eigenvalue weighted by Crippen LogP contribution is 2.26. The van der Waals surface area contributed by atoms with Gasteiger partial charge in [0.1, 0.15) is 6.04 Å². The van der Waals surface area contributed by atoms with Crippen LogP contribution >= 0.6 is 11.8 Å². The van der Waals surface area contributed by atoms with Crippen LogP contribution in [0, 0.1) is 0 Å². The van der Waals surface area contributed by atoms with E-state index in [0.29, 0.717) is 6.54 Å². The third kappa shape index (κ3) is 5.37. The molecule has 1 saturated heterocycles. The molecule has 0 saturated carbocycles. The van der Waals surface area contributed by atoms with Crippen molar-refractivity contribution in [1.29, 1.82) is 0 Å². The number of aliphatic carboxylic acids is 1. The molecule has 0 aromatic heterocycles. The summed E-state index contributed by atoms with van der Waals surface area (Å²) in [6.07, 6.45) is 0.290. The van der Waals surface area contributed by atoms with Gasteiger partial charge in [-0.05, 0) is 13.3 Å². The zero-order valence-corrected chi connectivity index (χ0v) is 12.9. The summed E-state index contributed by atoms with van der Waals surface area (Å²) in [4.78, 5) is 47.0. The summed E-state index contributed by atoms with van der Waals surface area (Å²) in [6, 6.07) is -1.02. The summed E-state index contributed by atoms with van der Waals surface area (Å²) in [5.41, 5.74) is 0. The summed E-state index contributed by atoms with van der Waals surface area (Å²) in [7, 11) is 0. The maximum absolute atomic E-state index is 11.9. The van der Waals surface area contributed by atoms with Gasteiger partial charge in [0.05, 0.1) is 0 Å². The lowest BCUT2D eigenvalue weighted by Crippen LogP contribution is -2.43. The number of carbonyl (C=O) groups excluding carboxylic acids is 3. The molecule has 8 heteroatoms. The van der Waals surface area contributed by atoms with Crippen LogP contribution in [-0.2, 0) is 19.2 Å². The summed E-state index contributed by atoms with van der Waals surface area (Å²) < 4.78 is 0. The number of carboxylic acid groups (broad SMARTS) is 1. The van der Waals surface area contributed by atoms with Crippen molar-refractivity contribution in [2.24, 2.45) is 0 Å². The first-order valence-electron chi connectivity index (χ1n) is 6.81. The highest BCUT2D eigenvalue weighted by molar-refractivity contribution is 8.14. The van der Waals surface area contributed by atoms with Crippen LogP contribution in [0.15, 0.2) is 0 Å². The summed E-state index contributed by atoms with van der Waals surface area (Å²) in [5.74, 6) is -1.64. The third-order valence-electron chi connectivity index (χ3n) is 3.14. The maximum atomic E-state index is 11.9. The average molecular weight is 316 g/mol. The van der Waals surface area contributed by atoms with E-state index in [0.717, 1.165) is 11.8 Å². The van der Waals surface area contributed by atoms with Crippen LogP contribution in [-0.4, -0.2) is 57.3 Å². The molecule has 0 radical (unpaired) electrons. The molecular formula is C13H20N2O5S. The van der Waals surface area contributed by atoms with Crippen LogP contribution in [0.2, 0.25) is 0 Å². The molecule has 118 valence electrons. The summed E-state index contributed by atoms with van der Waals surface area (Å²) in [6.45, 7) is 3.91. The van der Waals surface area contributed by atoms with Crippen molar-refractivity contribution >= 4 is 34.7 Å². The first-order chi connectivity index (χ1) is 9.85. The number of carbonyl (C=O) groups is 4. The number of rotatable bonds is 7. The molecule has 1 aliphatic heterocycles. The molecular weight excluding hydrogens is 296 g/mol. The van der Waals surface area contributed by atoms with Crippen LogP contribution < -0.4 is 5.32 Å². The second-order valence-corrected chi connectivity index (χ2v) is 6.31. The second kappa shape index (κ2) is 8.02. The van der Waals surface area contributed by atoms with Crippen molar-refractivity contribution in [2.45, 2.75) is 44.4 Å². The standard InChI is InChI=1S/C13H20N2O5S/c1-3-14-11(17)5-4-10(13(19)20)15-7-9(6-12(15)18)21-8(2)16/h9-10H,3-7H2,1-2H3,(H,14,17)(H,19,20)/t9?,10-/m0/s1. The minimum atomic E-state index is -1.12. The summed E-state index contributed by atoms with van der Waals surface area (Å²) in [5, 5.41) is 11.6. The van der Waals surface area contributed by atoms with Gasteiger partial charge < -0.3 is 15.3 Å². The summed E-state index contributed by atoms with van der Waals surface area (Å²) >= 11 is 1.06. The number of likely N-dealkylation sites (tertiary alicyclic amines) is 1. The predicted molar refractivity (Wildman–Crippen MR) is 77.7 cm³/mol. The van der Waals surface area contributed by atoms with Crippen LogP contribution in [0.4, 0.5) is 0 Å². The quantitative estimate of drug-likeness (QED) is 0.697. The van der Waals surface area contributed by atoms with Crippen molar-refractivity contribution in [1.82, 2.24) is 10.2 Å². The van der Waals surface area contributed by atoms with Gasteiger partial charge in [0.2, 0.25) is 11.8 Å². The Labute approximate surface area is 127 Å². The van der Waals surface area contributed by atoms with Crippen LogP contribution in [0.3, 0.4) is 0 Å². The fraction of sp³-hybridized carbons (Fsp3) is 0.692. The van der Waals surface area contributed by atoms with Crippen molar-refractivity contribution in [3.05, 3.63) is 0 Å². The highest BCUT2D eigenvalue weighted by Gasteiger charge is 2.38. The average Bonchev–Trinajstić information content (AvgIpc) is 2.69. The Hall–Kier alpha value is -1.57. The molecule has 7 nitrogen and oxygen atoms in total. The monoisotopic (exact) mass is 316 g/mol. The molecule has 1 fully saturated rings. The SMILES string of the molecule is CCNC(=O)CC[C@@H](C(=O)O)N1CC(SC(C)=O)CC1=O. The molecule has 2 amide bonds. The minimum absolute atomic E-state index is 0.0547. The van der Waals surface area contributed by atoms with Gasteiger partial charge in [-0.15, -0.1) is 0 Å². The minimum Gasteiger partial charge on any atom is -0.480 e. The second-order valence-electron chi connectivity index (χ2n) is 4.83. The number of thioether (sulfide) groups is 1. The zero-order chi connectivity index (χ0) is 16.0. The number of hydrogen-bond acceptors (Lipinski definition) is 5. The van der Waals surface area contributed by atoms with E-state index in [1.54, 1.807) is 6.92 Å². The van der Waals surface area contributed by atoms with Gasteiger partial charge in [-0.1, -0.05) is 11.8 Å². The molecule has 1 unspecified atom stereocenters. The van der Waals surface area contributed by atoms with Crippen LogP contribution in [0.5, 0.6) is 0 Å². The number of carboxylic acids is 1. The van der Waals surface area contributed by atoms with Gasteiger partial charge in [0.25, 0.3) is 0 Å². The van der Waals surface area contributed by atoms with E-state index in [9.17, 15) is 24.3 Å². The van der Waals surface area contributed by atoms with Gasteiger partial charge in [-0.2, -0.15) is 0 Å². The Morgan fingerprint density at radius 2 is 2.14 bits per heavy atom. The number of nitrogens with zero attached hydrogens (tertiary/aromatic N) is 1. The molecule has 2 atom stereocenters. The Balaban J connectivity index is 2.64. The molecule has 1 aliphatic rings. The maximum Gasteiger partial charge on any atom is 0.326 e. The lowest BCUT2D eigenvalue weighted by atomic mass is 10.1. The first kappa shape index (κ1) is 17.5. The molecule has 0 bridgehead atoms. The predicted octanol–water partition coefficient (Wildman–Crippen LogP) is 0.236. The van der Waals surface area contributed by atoms with Gasteiger partial charge in [-0.3, -0.25) is 14.4 Å². The van der Waals surface area contributed by atoms with Crippen LogP contribution in [0.1, 0.15) is 33.1 Å². The molecule has 0 spiro atoms. The van der Waals surface area contributed by atoms with Crippen molar-refractivity contribution in [3.63, 3.8) is 0 Å². The van der Waals surface area contributed by atoms with E-state index in [1.165, 1.54) is 11.8 Å². The molecule has 0 aromatic carbocycles. The Kier molecular flexibility index (Phi) is 6.67. The van der Waals surface area contributed by atoms with Gasteiger partial charge in [0, 0.05) is 38.1 Å². The topological polar surface area (TPSA) is 104 Å². The lowest BCUT2D eigenvalue weighted by molar-refractivity contribution is -0.148.